The first-order valence-electron chi connectivity index (χ1n) is 11.6. The van der Waals surface area contributed by atoms with E-state index in [-0.39, 0.29) is 11.5 Å². The molecule has 3 atom stereocenters. The van der Waals surface area contributed by atoms with Gasteiger partial charge in [0.2, 0.25) is 0 Å². The predicted molar refractivity (Wildman–Crippen MR) is 135 cm³/mol. The van der Waals surface area contributed by atoms with Crippen LogP contribution in [0.2, 0.25) is 10.0 Å². The molecule has 2 nitrogen and oxygen atoms in total. The molecule has 2 saturated heterocycles. The van der Waals surface area contributed by atoms with Crippen LogP contribution in [0.1, 0.15) is 48.4 Å². The van der Waals surface area contributed by atoms with Gasteiger partial charge in [0.15, 0.2) is 0 Å². The molecule has 1 unspecified atom stereocenters. The van der Waals surface area contributed by atoms with Gasteiger partial charge in [-0.3, -0.25) is 4.90 Å². The number of halogens is 2. The lowest BCUT2D eigenvalue weighted by Crippen LogP contribution is -2.54. The predicted octanol–water partition coefficient (Wildman–Crippen LogP) is 6.87. The van der Waals surface area contributed by atoms with E-state index in [1.165, 1.54) is 18.4 Å². The molecule has 5 rings (SSSR count). The van der Waals surface area contributed by atoms with Gasteiger partial charge < -0.3 is 5.32 Å². The van der Waals surface area contributed by atoms with Crippen LogP contribution < -0.4 is 5.32 Å². The second-order valence-corrected chi connectivity index (χ2v) is 10.2. The second-order valence-electron chi connectivity index (χ2n) is 9.36. The van der Waals surface area contributed by atoms with Crippen molar-refractivity contribution in [1.82, 2.24) is 10.2 Å². The van der Waals surface area contributed by atoms with Crippen LogP contribution >= 0.6 is 23.2 Å². The van der Waals surface area contributed by atoms with Gasteiger partial charge in [0.25, 0.3) is 0 Å². The summed E-state index contributed by atoms with van der Waals surface area (Å²) >= 11 is 13.6. The molecule has 1 N–H and O–H groups in total. The second kappa shape index (κ2) is 9.19. The molecule has 32 heavy (non-hydrogen) atoms. The Morgan fingerprint density at radius 1 is 0.812 bits per heavy atom. The molecule has 166 valence electrons. The number of rotatable bonds is 6. The summed E-state index contributed by atoms with van der Waals surface area (Å²) in [5.74, 6) is 0. The zero-order valence-corrected chi connectivity index (χ0v) is 20.0. The Bertz CT molecular complexity index is 1010. The van der Waals surface area contributed by atoms with Gasteiger partial charge in [-0.05, 0) is 61.6 Å². The average molecular weight is 465 g/mol. The van der Waals surface area contributed by atoms with E-state index in [0.717, 1.165) is 40.6 Å². The zero-order chi connectivity index (χ0) is 22.1. The lowest BCUT2D eigenvalue weighted by Gasteiger charge is -2.50. The number of hydrogen-bond donors (Lipinski definition) is 1. The Kier molecular flexibility index (Phi) is 6.31. The molecule has 3 aromatic carbocycles. The molecule has 2 aliphatic heterocycles. The molecule has 0 spiro atoms. The first kappa shape index (κ1) is 22.0. The summed E-state index contributed by atoms with van der Waals surface area (Å²) in [6.07, 6.45) is 4.71. The molecule has 0 radical (unpaired) electrons. The lowest BCUT2D eigenvalue weighted by atomic mass is 9.69. The maximum absolute atomic E-state index is 6.78. The van der Waals surface area contributed by atoms with Gasteiger partial charge in [0.1, 0.15) is 0 Å². The Balaban J connectivity index is 1.58. The summed E-state index contributed by atoms with van der Waals surface area (Å²) in [5, 5.41) is 5.13. The van der Waals surface area contributed by atoms with E-state index >= 15 is 0 Å². The van der Waals surface area contributed by atoms with Crippen LogP contribution in [0.4, 0.5) is 0 Å². The van der Waals surface area contributed by atoms with Crippen LogP contribution in [-0.2, 0) is 5.41 Å². The highest BCUT2D eigenvalue weighted by Crippen LogP contribution is 2.52. The zero-order valence-electron chi connectivity index (χ0n) is 18.5. The third-order valence-electron chi connectivity index (χ3n) is 7.53. The van der Waals surface area contributed by atoms with Crippen molar-refractivity contribution in [3.63, 3.8) is 0 Å². The molecular formula is C28H30Cl2N2. The summed E-state index contributed by atoms with van der Waals surface area (Å²) in [6.45, 7) is 1.00. The summed E-state index contributed by atoms with van der Waals surface area (Å²) in [5.41, 5.74) is 3.92. The number of likely N-dealkylation sites (N-methyl/N-ethyl adjacent to an activating group) is 1. The maximum atomic E-state index is 6.78. The van der Waals surface area contributed by atoms with Crippen molar-refractivity contribution in [3.05, 3.63) is 106 Å². The molecule has 2 fully saturated rings. The minimum atomic E-state index is 0.0678. The van der Waals surface area contributed by atoms with Gasteiger partial charge in [-0.1, -0.05) is 89.9 Å². The molecular weight excluding hydrogens is 435 g/mol. The van der Waals surface area contributed by atoms with Gasteiger partial charge in [-0.25, -0.2) is 0 Å². The number of benzene rings is 3. The Labute approximate surface area is 201 Å². The average Bonchev–Trinajstić information content (AvgIpc) is 3.07. The van der Waals surface area contributed by atoms with Crippen LogP contribution in [0.15, 0.2) is 78.9 Å². The highest BCUT2D eigenvalue weighted by molar-refractivity contribution is 6.32. The summed E-state index contributed by atoms with van der Waals surface area (Å²) in [6, 6.07) is 28.7. The highest BCUT2D eigenvalue weighted by atomic mass is 35.5. The molecule has 0 aliphatic carbocycles. The Morgan fingerprint density at radius 2 is 1.31 bits per heavy atom. The van der Waals surface area contributed by atoms with Gasteiger partial charge >= 0.3 is 0 Å². The van der Waals surface area contributed by atoms with Gasteiger partial charge in [-0.2, -0.15) is 0 Å². The fourth-order valence-electron chi connectivity index (χ4n) is 6.30. The standard InChI is InChI=1S/C28H30Cl2N2/c1-31-19-28(20-9-3-2-4-10-20)17-21-15-16-22(18-28)32(21)27(23-11-5-7-13-25(23)29)24-12-6-8-14-26(24)30/h2-14,21-22,27,31H,15-19H2,1H3/t21-,22+,28?. The summed E-state index contributed by atoms with van der Waals surface area (Å²) in [7, 11) is 2.08. The Hall–Kier alpha value is -1.84. The first-order chi connectivity index (χ1) is 15.6. The van der Waals surface area contributed by atoms with Crippen molar-refractivity contribution in [2.24, 2.45) is 0 Å². The number of hydrogen-bond acceptors (Lipinski definition) is 2. The van der Waals surface area contributed by atoms with E-state index in [1.54, 1.807) is 0 Å². The number of piperidine rings is 1. The van der Waals surface area contributed by atoms with E-state index in [0.29, 0.717) is 12.1 Å². The third kappa shape index (κ3) is 3.88. The monoisotopic (exact) mass is 464 g/mol. The fourth-order valence-corrected chi connectivity index (χ4v) is 6.78. The van der Waals surface area contributed by atoms with Gasteiger partial charge in [-0.15, -0.1) is 0 Å². The van der Waals surface area contributed by atoms with E-state index in [9.17, 15) is 0 Å². The summed E-state index contributed by atoms with van der Waals surface area (Å²) in [4.78, 5) is 2.74. The summed E-state index contributed by atoms with van der Waals surface area (Å²) < 4.78 is 0. The topological polar surface area (TPSA) is 15.3 Å². The fraction of sp³-hybridized carbons (Fsp3) is 0.357. The molecule has 3 aromatic rings. The number of fused-ring (bicyclic) bond motifs is 2. The molecule has 2 aliphatic rings. The van der Waals surface area contributed by atoms with Crippen LogP contribution in [0.25, 0.3) is 0 Å². The molecule has 2 heterocycles. The number of nitrogens with zero attached hydrogens (tertiary/aromatic N) is 1. The van der Waals surface area contributed by atoms with Gasteiger partial charge in [0.05, 0.1) is 6.04 Å². The van der Waals surface area contributed by atoms with Crippen molar-refractivity contribution in [1.29, 1.82) is 0 Å². The molecule has 0 aromatic heterocycles. The number of nitrogens with one attached hydrogen (secondary N) is 1. The SMILES string of the molecule is CNCC1(c2ccccc2)C[C@H]2CC[C@@H](C1)N2C(c1ccccc1Cl)c1ccccc1Cl. The van der Waals surface area contributed by atoms with E-state index in [2.05, 4.69) is 71.9 Å². The van der Waals surface area contributed by atoms with Crippen molar-refractivity contribution >= 4 is 23.2 Å². The van der Waals surface area contributed by atoms with E-state index in [1.807, 2.05) is 24.3 Å². The molecule has 2 bridgehead atoms. The van der Waals surface area contributed by atoms with Crippen LogP contribution in [-0.4, -0.2) is 30.6 Å². The van der Waals surface area contributed by atoms with E-state index in [4.69, 9.17) is 23.2 Å². The normalized spacial score (nSPS) is 25.4. The maximum Gasteiger partial charge on any atom is 0.0636 e. The highest BCUT2D eigenvalue weighted by Gasteiger charge is 2.51. The molecule has 0 amide bonds. The van der Waals surface area contributed by atoms with Crippen molar-refractivity contribution < 1.29 is 0 Å². The minimum absolute atomic E-state index is 0.0678. The van der Waals surface area contributed by atoms with E-state index < -0.39 is 0 Å². The minimum Gasteiger partial charge on any atom is -0.319 e. The van der Waals surface area contributed by atoms with Gasteiger partial charge in [0, 0.05) is 34.1 Å². The molecule has 0 saturated carbocycles. The van der Waals surface area contributed by atoms with Crippen molar-refractivity contribution in [2.45, 2.75) is 49.2 Å². The lowest BCUT2D eigenvalue weighted by molar-refractivity contribution is 0.0576. The van der Waals surface area contributed by atoms with Crippen LogP contribution in [0, 0.1) is 0 Å². The van der Waals surface area contributed by atoms with Crippen molar-refractivity contribution in [2.75, 3.05) is 13.6 Å². The first-order valence-corrected chi connectivity index (χ1v) is 12.3. The smallest absolute Gasteiger partial charge is 0.0636 e. The molecule has 4 heteroatoms. The van der Waals surface area contributed by atoms with Crippen LogP contribution in [0.3, 0.4) is 0 Å². The quantitative estimate of drug-likeness (QED) is 0.428. The third-order valence-corrected chi connectivity index (χ3v) is 8.22. The largest absolute Gasteiger partial charge is 0.319 e. The van der Waals surface area contributed by atoms with Crippen molar-refractivity contribution in [3.8, 4) is 0 Å². The Morgan fingerprint density at radius 3 is 1.81 bits per heavy atom. The van der Waals surface area contributed by atoms with Crippen LogP contribution in [0.5, 0.6) is 0 Å².